The number of carbonyl (C=O) groups excluding carboxylic acids is 1. The van der Waals surface area contributed by atoms with Crippen molar-refractivity contribution in [2.24, 2.45) is 0 Å². The fraction of sp³-hybridized carbons (Fsp3) is 0.154. The van der Waals surface area contributed by atoms with Gasteiger partial charge >= 0.3 is 0 Å². The summed E-state index contributed by atoms with van der Waals surface area (Å²) in [5.41, 5.74) is 1.50. The lowest BCUT2D eigenvalue weighted by molar-refractivity contribution is 0.0955. The van der Waals surface area contributed by atoms with Gasteiger partial charge in [-0.1, -0.05) is 6.07 Å². The molecule has 0 radical (unpaired) electrons. The monoisotopic (exact) mass is 345 g/mol. The van der Waals surface area contributed by atoms with E-state index < -0.39 is 11.6 Å². The Balaban J connectivity index is 2.02. The van der Waals surface area contributed by atoms with Gasteiger partial charge in [0, 0.05) is 6.54 Å². The molecule has 1 amide bonds. The van der Waals surface area contributed by atoms with Crippen LogP contribution in [-0.2, 0) is 6.54 Å². The van der Waals surface area contributed by atoms with Crippen LogP contribution in [0.2, 0.25) is 0 Å². The van der Waals surface area contributed by atoms with E-state index in [0.29, 0.717) is 10.4 Å². The Morgan fingerprint density at radius 1 is 1.32 bits per heavy atom. The number of rotatable bonds is 3. The standard InChI is InChI=1S/C13H10BrF2NOS/c1-7-4-11(19-12(7)14)13(18)17-6-8-2-3-9(15)10(16)5-8/h2-5H,6H2,1H3,(H,17,18). The van der Waals surface area contributed by atoms with Crippen molar-refractivity contribution in [1.29, 1.82) is 0 Å². The fourth-order valence-electron chi connectivity index (χ4n) is 1.49. The van der Waals surface area contributed by atoms with Crippen LogP contribution in [0.25, 0.3) is 0 Å². The lowest BCUT2D eigenvalue weighted by Gasteiger charge is -2.04. The van der Waals surface area contributed by atoms with Gasteiger partial charge in [-0.05, 0) is 52.2 Å². The van der Waals surface area contributed by atoms with Crippen LogP contribution < -0.4 is 5.32 Å². The minimum absolute atomic E-state index is 0.157. The summed E-state index contributed by atoms with van der Waals surface area (Å²) in [6.45, 7) is 2.05. The number of thiophene rings is 1. The van der Waals surface area contributed by atoms with Crippen LogP contribution in [0.5, 0.6) is 0 Å². The largest absolute Gasteiger partial charge is 0.347 e. The smallest absolute Gasteiger partial charge is 0.261 e. The summed E-state index contributed by atoms with van der Waals surface area (Å²) in [6.07, 6.45) is 0. The Labute approximate surface area is 121 Å². The molecule has 0 bridgehead atoms. The van der Waals surface area contributed by atoms with Crippen LogP contribution in [0, 0.1) is 18.6 Å². The molecule has 0 aliphatic heterocycles. The molecule has 0 aliphatic carbocycles. The number of aryl methyl sites for hydroxylation is 1. The molecule has 1 heterocycles. The van der Waals surface area contributed by atoms with Gasteiger partial charge in [-0.15, -0.1) is 11.3 Å². The molecule has 0 spiro atoms. The molecule has 6 heteroatoms. The van der Waals surface area contributed by atoms with Crippen LogP contribution >= 0.6 is 27.3 Å². The van der Waals surface area contributed by atoms with Crippen LogP contribution in [0.4, 0.5) is 8.78 Å². The van der Waals surface area contributed by atoms with Crippen molar-refractivity contribution < 1.29 is 13.6 Å². The Kier molecular flexibility index (Phi) is 4.31. The summed E-state index contributed by atoms with van der Waals surface area (Å²) in [5, 5.41) is 2.66. The predicted octanol–water partition coefficient (Wildman–Crippen LogP) is 4.03. The fourth-order valence-corrected chi connectivity index (χ4v) is 2.94. The topological polar surface area (TPSA) is 29.1 Å². The summed E-state index contributed by atoms with van der Waals surface area (Å²) in [5.74, 6) is -2.04. The minimum Gasteiger partial charge on any atom is -0.347 e. The number of carbonyl (C=O) groups is 1. The second-order valence-corrected chi connectivity index (χ2v) is 6.37. The lowest BCUT2D eigenvalue weighted by atomic mass is 10.2. The van der Waals surface area contributed by atoms with E-state index in [2.05, 4.69) is 21.2 Å². The van der Waals surface area contributed by atoms with Crippen LogP contribution in [0.1, 0.15) is 20.8 Å². The lowest BCUT2D eigenvalue weighted by Crippen LogP contribution is -2.21. The van der Waals surface area contributed by atoms with E-state index in [0.717, 1.165) is 21.5 Å². The van der Waals surface area contributed by atoms with Gasteiger partial charge in [-0.3, -0.25) is 4.79 Å². The van der Waals surface area contributed by atoms with E-state index in [1.807, 2.05) is 6.92 Å². The van der Waals surface area contributed by atoms with Crippen molar-refractivity contribution in [2.75, 3.05) is 0 Å². The quantitative estimate of drug-likeness (QED) is 0.893. The first-order valence-corrected chi connectivity index (χ1v) is 7.06. The molecule has 2 nitrogen and oxygen atoms in total. The van der Waals surface area contributed by atoms with Gasteiger partial charge in [0.15, 0.2) is 11.6 Å². The Morgan fingerprint density at radius 3 is 2.63 bits per heavy atom. The molecular weight excluding hydrogens is 336 g/mol. The maximum Gasteiger partial charge on any atom is 0.261 e. The number of halogens is 3. The van der Waals surface area contributed by atoms with Crippen LogP contribution in [-0.4, -0.2) is 5.91 Å². The van der Waals surface area contributed by atoms with Gasteiger partial charge in [-0.25, -0.2) is 8.78 Å². The normalized spacial score (nSPS) is 10.5. The highest BCUT2D eigenvalue weighted by atomic mass is 79.9. The first kappa shape index (κ1) is 14.1. The average Bonchev–Trinajstić information content (AvgIpc) is 2.71. The second-order valence-electron chi connectivity index (χ2n) is 4.00. The van der Waals surface area contributed by atoms with E-state index in [4.69, 9.17) is 0 Å². The molecule has 19 heavy (non-hydrogen) atoms. The van der Waals surface area contributed by atoms with Gasteiger partial charge in [0.25, 0.3) is 5.91 Å². The van der Waals surface area contributed by atoms with E-state index in [1.54, 1.807) is 6.07 Å². The molecule has 0 saturated carbocycles. The molecule has 0 saturated heterocycles. The van der Waals surface area contributed by atoms with Crippen LogP contribution in [0.3, 0.4) is 0 Å². The third kappa shape index (κ3) is 3.39. The van der Waals surface area contributed by atoms with E-state index >= 15 is 0 Å². The van der Waals surface area contributed by atoms with Crippen molar-refractivity contribution >= 4 is 33.2 Å². The molecular formula is C13H10BrF2NOS. The van der Waals surface area contributed by atoms with E-state index in [-0.39, 0.29) is 12.5 Å². The number of hydrogen-bond acceptors (Lipinski definition) is 2. The Hall–Kier alpha value is -1.27. The maximum absolute atomic E-state index is 13.0. The zero-order valence-corrected chi connectivity index (χ0v) is 12.4. The molecule has 100 valence electrons. The SMILES string of the molecule is Cc1cc(C(=O)NCc2ccc(F)c(F)c2)sc1Br. The number of hydrogen-bond donors (Lipinski definition) is 1. The Morgan fingerprint density at radius 2 is 2.05 bits per heavy atom. The molecule has 1 N–H and O–H groups in total. The third-order valence-electron chi connectivity index (χ3n) is 2.52. The minimum atomic E-state index is -0.915. The number of nitrogens with one attached hydrogen (secondary N) is 1. The zero-order valence-electron chi connectivity index (χ0n) is 9.97. The van der Waals surface area contributed by atoms with E-state index in [9.17, 15) is 13.6 Å². The molecule has 0 unspecified atom stereocenters. The Bertz CT molecular complexity index is 608. The van der Waals surface area contributed by atoms with Gasteiger partial charge in [0.05, 0.1) is 8.66 Å². The molecule has 0 atom stereocenters. The molecule has 1 aromatic carbocycles. The van der Waals surface area contributed by atoms with Crippen LogP contribution in [0.15, 0.2) is 28.1 Å². The second kappa shape index (κ2) is 5.79. The summed E-state index contributed by atoms with van der Waals surface area (Å²) in [4.78, 5) is 12.4. The van der Waals surface area contributed by atoms with Gasteiger partial charge in [0.2, 0.25) is 0 Å². The molecule has 2 aromatic rings. The van der Waals surface area contributed by atoms with E-state index in [1.165, 1.54) is 17.4 Å². The van der Waals surface area contributed by atoms with Gasteiger partial charge in [-0.2, -0.15) is 0 Å². The highest BCUT2D eigenvalue weighted by molar-refractivity contribution is 9.11. The zero-order chi connectivity index (χ0) is 14.0. The highest BCUT2D eigenvalue weighted by Crippen LogP contribution is 2.27. The maximum atomic E-state index is 13.0. The van der Waals surface area contributed by atoms with Crippen molar-refractivity contribution in [2.45, 2.75) is 13.5 Å². The summed E-state index contributed by atoms with van der Waals surface area (Å²) in [7, 11) is 0. The highest BCUT2D eigenvalue weighted by Gasteiger charge is 2.11. The molecule has 0 fully saturated rings. The number of amides is 1. The first-order chi connectivity index (χ1) is 8.97. The first-order valence-electron chi connectivity index (χ1n) is 5.45. The van der Waals surface area contributed by atoms with Gasteiger partial charge in [0.1, 0.15) is 0 Å². The third-order valence-corrected chi connectivity index (χ3v) is 4.65. The summed E-state index contributed by atoms with van der Waals surface area (Å²) < 4.78 is 26.6. The van der Waals surface area contributed by atoms with Crippen molar-refractivity contribution in [3.63, 3.8) is 0 Å². The average molecular weight is 346 g/mol. The molecule has 2 rings (SSSR count). The van der Waals surface area contributed by atoms with Gasteiger partial charge < -0.3 is 5.32 Å². The van der Waals surface area contributed by atoms with Crippen molar-refractivity contribution in [3.8, 4) is 0 Å². The predicted molar refractivity (Wildman–Crippen MR) is 74.3 cm³/mol. The van der Waals surface area contributed by atoms with Crippen molar-refractivity contribution in [3.05, 3.63) is 55.7 Å². The molecule has 0 aliphatic rings. The summed E-state index contributed by atoms with van der Waals surface area (Å²) in [6, 6.07) is 5.33. The summed E-state index contributed by atoms with van der Waals surface area (Å²) >= 11 is 4.68. The number of benzene rings is 1. The molecule has 1 aromatic heterocycles. The van der Waals surface area contributed by atoms with Crippen molar-refractivity contribution in [1.82, 2.24) is 5.32 Å².